The molecule has 1 aliphatic heterocycles. The highest BCUT2D eigenvalue weighted by molar-refractivity contribution is 6.30. The molecular weight excluding hydrogens is 853 g/mol. The molecule has 3 amide bonds. The number of nitrogens with zero attached hydrogens (tertiary/aromatic N) is 6. The largest absolute Gasteiger partial charge is 0.508 e. The Morgan fingerprint density at radius 3 is 2.37 bits per heavy atom. The molecule has 7 rings (SSSR count). The summed E-state index contributed by atoms with van der Waals surface area (Å²) in [6.45, 7) is 12.4. The van der Waals surface area contributed by atoms with Crippen molar-refractivity contribution in [1.29, 1.82) is 0 Å². The van der Waals surface area contributed by atoms with E-state index in [1.54, 1.807) is 38.4 Å². The number of rotatable bonds is 18. The van der Waals surface area contributed by atoms with Gasteiger partial charge < -0.3 is 40.1 Å². The Kier molecular flexibility index (Phi) is 14.7. The molecule has 2 atom stereocenters. The number of phenols is 2. The Morgan fingerprint density at radius 2 is 1.70 bits per heavy atom. The Bertz CT molecular complexity index is 2740. The van der Waals surface area contributed by atoms with Gasteiger partial charge in [0.15, 0.2) is 5.82 Å². The molecule has 6 aromatic rings. The third-order valence-electron chi connectivity index (χ3n) is 12.5. The number of likely N-dealkylation sites (tertiary alicyclic amines) is 1. The van der Waals surface area contributed by atoms with Crippen LogP contribution in [0, 0.1) is 5.92 Å². The van der Waals surface area contributed by atoms with E-state index in [0.29, 0.717) is 55.7 Å². The van der Waals surface area contributed by atoms with E-state index in [-0.39, 0.29) is 53.6 Å². The molecule has 17 nitrogen and oxygen atoms in total. The monoisotopic (exact) mass is 912 g/mol. The number of carbonyl (C=O) groups excluding carboxylic acids is 3. The first-order chi connectivity index (χ1) is 31.9. The van der Waals surface area contributed by atoms with Crippen LogP contribution in [0.5, 0.6) is 11.5 Å². The number of aromatic amines is 1. The fourth-order valence-corrected chi connectivity index (χ4v) is 8.70. The predicted octanol–water partition coefficient (Wildman–Crippen LogP) is 5.19. The number of aromatic hydroxyl groups is 2. The van der Waals surface area contributed by atoms with Gasteiger partial charge in [-0.3, -0.25) is 19.4 Å². The second-order valence-electron chi connectivity index (χ2n) is 18.5. The lowest BCUT2D eigenvalue weighted by molar-refractivity contribution is -0.154. The molecule has 3 aromatic heterocycles. The number of aromatic nitrogens is 6. The van der Waals surface area contributed by atoms with Gasteiger partial charge in [-0.2, -0.15) is 5.10 Å². The number of nitrogens with one attached hydrogen (secondary N) is 3. The average Bonchev–Trinajstić information content (AvgIpc) is 3.89. The van der Waals surface area contributed by atoms with Gasteiger partial charge in [0.05, 0.1) is 28.6 Å². The van der Waals surface area contributed by atoms with Crippen LogP contribution in [-0.2, 0) is 27.2 Å². The molecular formula is C49H59BN9O8. The van der Waals surface area contributed by atoms with Crippen LogP contribution >= 0.6 is 0 Å². The highest BCUT2D eigenvalue weighted by Crippen LogP contribution is 2.39. The summed E-state index contributed by atoms with van der Waals surface area (Å²) < 4.78 is 9.91. The Labute approximate surface area is 389 Å². The number of fused-ring (bicyclic) bond motifs is 1. The number of piperidine rings is 1. The molecule has 67 heavy (non-hydrogen) atoms. The molecule has 0 bridgehead atoms. The van der Waals surface area contributed by atoms with Gasteiger partial charge in [0.1, 0.15) is 23.2 Å². The lowest BCUT2D eigenvalue weighted by atomic mass is 9.73. The van der Waals surface area contributed by atoms with Crippen LogP contribution in [0.3, 0.4) is 0 Å². The summed E-state index contributed by atoms with van der Waals surface area (Å²) >= 11 is 0. The second-order valence-corrected chi connectivity index (χ2v) is 18.5. The van der Waals surface area contributed by atoms with Crippen LogP contribution in [0.1, 0.15) is 94.8 Å². The van der Waals surface area contributed by atoms with Crippen molar-refractivity contribution < 1.29 is 34.4 Å². The lowest BCUT2D eigenvalue weighted by Gasteiger charge is -2.49. The number of aryl methyl sites for hydroxylation is 1. The van der Waals surface area contributed by atoms with Crippen LogP contribution in [0.15, 0.2) is 96.3 Å². The predicted molar refractivity (Wildman–Crippen MR) is 254 cm³/mol. The number of hydrogen-bond donors (Lipinski definition) is 6. The number of carbonyl (C=O) groups is 3. The van der Waals surface area contributed by atoms with Crippen LogP contribution < -0.4 is 16.3 Å². The van der Waals surface area contributed by atoms with Crippen molar-refractivity contribution in [2.45, 2.75) is 109 Å². The zero-order valence-corrected chi connectivity index (χ0v) is 38.8. The van der Waals surface area contributed by atoms with Gasteiger partial charge in [-0.15, -0.1) is 0 Å². The maximum absolute atomic E-state index is 14.0. The number of hydrogen-bond acceptors (Lipinski definition) is 11. The van der Waals surface area contributed by atoms with Gasteiger partial charge >= 0.3 is 13.2 Å². The van der Waals surface area contributed by atoms with E-state index in [2.05, 4.69) is 30.8 Å². The zero-order chi connectivity index (χ0) is 48.0. The molecule has 0 aliphatic carbocycles. The van der Waals surface area contributed by atoms with E-state index in [1.807, 2.05) is 87.0 Å². The molecule has 1 radical (unpaired) electrons. The Hall–Kier alpha value is -6.79. The smallest absolute Gasteiger partial charge is 0.348 e. The first-order valence-corrected chi connectivity index (χ1v) is 22.7. The molecule has 3 aromatic carbocycles. The van der Waals surface area contributed by atoms with E-state index in [4.69, 9.17) is 4.65 Å². The Morgan fingerprint density at radius 1 is 0.955 bits per heavy atom. The third kappa shape index (κ3) is 11.1. The quantitative estimate of drug-likeness (QED) is 0.0615. The number of benzene rings is 3. The summed E-state index contributed by atoms with van der Waals surface area (Å²) in [4.78, 5) is 63.8. The fourth-order valence-electron chi connectivity index (χ4n) is 8.70. The summed E-state index contributed by atoms with van der Waals surface area (Å²) in [5.74, 6) is -1.51. The van der Waals surface area contributed by atoms with Crippen molar-refractivity contribution in [2.24, 2.45) is 5.92 Å². The molecule has 0 saturated carbocycles. The molecule has 4 heterocycles. The minimum absolute atomic E-state index is 0.0439. The standard InChI is InChI=1S/C49H59BN9O8/c1-30(2)24-42(54-45(63)37(25-32-10-8-7-9-11-32)53-46(64)38-29-51-18-19-52-38)50-67-49(48(5,6)66)16-22-58(23-17-49)43(62)15-21-57-20-14-33-26-34(12-13-39(33)57)59-44(55-56-47(59)65)36-27-35(31(3)4)40(60)28-41(36)61/h7-14,18-20,26-31,37,42,60-61,66H,15-17,21-25H2,1-6H3,(H,53,64)(H,54,63)(H,56,65). The first kappa shape index (κ1) is 48.2. The second kappa shape index (κ2) is 20.4. The van der Waals surface area contributed by atoms with Gasteiger partial charge in [-0.1, -0.05) is 58.0 Å². The summed E-state index contributed by atoms with van der Waals surface area (Å²) in [5.41, 5.74) is 0.357. The molecule has 18 heteroatoms. The highest BCUT2D eigenvalue weighted by Gasteiger charge is 2.48. The van der Waals surface area contributed by atoms with Gasteiger partial charge in [0.25, 0.3) is 5.91 Å². The van der Waals surface area contributed by atoms with Crippen molar-refractivity contribution in [3.8, 4) is 28.6 Å². The van der Waals surface area contributed by atoms with E-state index < -0.39 is 40.7 Å². The number of H-pyrrole nitrogens is 1. The van der Waals surface area contributed by atoms with Gasteiger partial charge in [0.2, 0.25) is 11.8 Å². The molecule has 351 valence electrons. The minimum Gasteiger partial charge on any atom is -0.508 e. The van der Waals surface area contributed by atoms with Crippen molar-refractivity contribution in [1.82, 2.24) is 44.8 Å². The molecule has 6 N–H and O–H groups in total. The normalized spacial score (nSPS) is 14.9. The summed E-state index contributed by atoms with van der Waals surface area (Å²) in [7, 11) is 1.59. The first-order valence-electron chi connectivity index (χ1n) is 22.7. The number of amides is 3. The minimum atomic E-state index is -1.31. The van der Waals surface area contributed by atoms with Gasteiger partial charge in [0, 0.05) is 74.0 Å². The van der Waals surface area contributed by atoms with Crippen LogP contribution in [0.25, 0.3) is 28.0 Å². The summed E-state index contributed by atoms with van der Waals surface area (Å²) in [5, 5.41) is 46.1. The van der Waals surface area contributed by atoms with Crippen LogP contribution in [-0.4, -0.2) is 111 Å². The maximum Gasteiger partial charge on any atom is 0.348 e. The fraction of sp³-hybridized carbons (Fsp3) is 0.408. The van der Waals surface area contributed by atoms with Crippen molar-refractivity contribution in [3.05, 3.63) is 119 Å². The van der Waals surface area contributed by atoms with Crippen molar-refractivity contribution in [3.63, 3.8) is 0 Å². The van der Waals surface area contributed by atoms with Crippen LogP contribution in [0.4, 0.5) is 0 Å². The molecule has 1 aliphatic rings. The zero-order valence-electron chi connectivity index (χ0n) is 38.8. The Balaban J connectivity index is 0.987. The van der Waals surface area contributed by atoms with Crippen molar-refractivity contribution >= 4 is 36.1 Å². The third-order valence-corrected chi connectivity index (χ3v) is 12.5. The number of phenolic OH excluding ortho intramolecular Hbond substituents is 2. The van der Waals surface area contributed by atoms with Gasteiger partial charge in [-0.05, 0) is 86.4 Å². The molecule has 0 spiro atoms. The van der Waals surface area contributed by atoms with E-state index >= 15 is 0 Å². The lowest BCUT2D eigenvalue weighted by Crippen LogP contribution is -2.61. The average molecular weight is 913 g/mol. The molecule has 1 fully saturated rings. The summed E-state index contributed by atoms with van der Waals surface area (Å²) in [6, 6.07) is 18.7. The molecule has 2 unspecified atom stereocenters. The van der Waals surface area contributed by atoms with E-state index in [0.717, 1.165) is 16.5 Å². The molecule has 1 saturated heterocycles. The SMILES string of the molecule is CC(C)CC([B]OC1(C(C)(C)O)CCN(C(=O)CCn2ccc3cc(-n4c(-c5cc(C(C)C)c(O)cc5O)n[nH]c4=O)ccc32)CC1)NC(=O)C(Cc1ccccc1)NC(=O)c1cnccn1. The summed E-state index contributed by atoms with van der Waals surface area (Å²) in [6.07, 6.45) is 7.77. The topological polar surface area (TPSA) is 230 Å². The maximum atomic E-state index is 14.0. The van der Waals surface area contributed by atoms with Crippen molar-refractivity contribution in [2.75, 3.05) is 13.1 Å². The van der Waals surface area contributed by atoms with Gasteiger partial charge in [-0.25, -0.2) is 19.4 Å². The highest BCUT2D eigenvalue weighted by atomic mass is 16.5. The van der Waals surface area contributed by atoms with E-state index in [9.17, 15) is 34.5 Å². The van der Waals surface area contributed by atoms with E-state index in [1.165, 1.54) is 29.2 Å². The van der Waals surface area contributed by atoms with Crippen LogP contribution in [0.2, 0.25) is 0 Å². The number of aliphatic hydroxyl groups is 1.